The molecule has 1 N–H and O–H groups in total. The van der Waals surface area contributed by atoms with Crippen LogP contribution in [-0.2, 0) is 21.6 Å². The Balaban J connectivity index is 1.47. The number of sulfone groups is 1. The number of pyridine rings is 1. The van der Waals surface area contributed by atoms with Crippen molar-refractivity contribution in [3.63, 3.8) is 0 Å². The van der Waals surface area contributed by atoms with Gasteiger partial charge >= 0.3 is 0 Å². The van der Waals surface area contributed by atoms with Gasteiger partial charge in [-0.3, -0.25) is 9.59 Å². The third-order valence-electron chi connectivity index (χ3n) is 6.68. The number of anilines is 2. The fraction of sp³-hybridized carbons (Fsp3) is 0.250. The SMILES string of the molecule is Cc1ccc(NC(=O)c2cc(S(C)(=O)=O)n(-c3ccc(F)cc3)n2)cc1-c1cc(N2CCOCC2)c(=O)n(C)c1. The summed E-state index contributed by atoms with van der Waals surface area (Å²) in [5, 5.41) is 6.79. The van der Waals surface area contributed by atoms with Crippen LogP contribution in [-0.4, -0.2) is 61.2 Å². The van der Waals surface area contributed by atoms with Gasteiger partial charge in [-0.1, -0.05) is 6.07 Å². The number of hydrogen-bond acceptors (Lipinski definition) is 7. The van der Waals surface area contributed by atoms with E-state index in [9.17, 15) is 22.4 Å². The maximum absolute atomic E-state index is 13.4. The second-order valence-electron chi connectivity index (χ2n) is 9.64. The van der Waals surface area contributed by atoms with E-state index in [1.165, 1.54) is 30.3 Å². The molecule has 40 heavy (non-hydrogen) atoms. The minimum Gasteiger partial charge on any atom is -0.378 e. The zero-order chi connectivity index (χ0) is 28.6. The van der Waals surface area contributed by atoms with Crippen LogP contribution < -0.4 is 15.8 Å². The number of ether oxygens (including phenoxy) is 1. The summed E-state index contributed by atoms with van der Waals surface area (Å²) in [6.45, 7) is 4.27. The highest BCUT2D eigenvalue weighted by atomic mass is 32.2. The molecule has 1 fully saturated rings. The molecule has 1 aliphatic heterocycles. The number of carbonyl (C=O) groups is 1. The van der Waals surface area contributed by atoms with Crippen LogP contribution in [0.15, 0.2) is 70.6 Å². The number of nitrogens with one attached hydrogen (secondary N) is 1. The minimum atomic E-state index is -3.76. The first-order chi connectivity index (χ1) is 19.0. The minimum absolute atomic E-state index is 0.105. The number of hydrogen-bond donors (Lipinski definition) is 1. The van der Waals surface area contributed by atoms with Crippen molar-refractivity contribution in [3.05, 3.63) is 88.2 Å². The molecule has 2 aromatic carbocycles. The average molecular weight is 566 g/mol. The van der Waals surface area contributed by atoms with Crippen molar-refractivity contribution >= 4 is 27.1 Å². The molecule has 0 radical (unpaired) electrons. The summed E-state index contributed by atoms with van der Waals surface area (Å²) in [4.78, 5) is 28.1. The van der Waals surface area contributed by atoms with Gasteiger partial charge in [0, 0.05) is 49.9 Å². The second-order valence-corrected chi connectivity index (χ2v) is 11.6. The van der Waals surface area contributed by atoms with E-state index in [-0.39, 0.29) is 16.3 Å². The van der Waals surface area contributed by atoms with Gasteiger partial charge in [0.2, 0.25) is 0 Å². The molecule has 0 atom stereocenters. The molecule has 0 saturated carbocycles. The fourth-order valence-corrected chi connectivity index (χ4v) is 5.37. The Kier molecular flexibility index (Phi) is 7.30. The van der Waals surface area contributed by atoms with Crippen molar-refractivity contribution in [2.24, 2.45) is 7.05 Å². The van der Waals surface area contributed by atoms with Crippen molar-refractivity contribution in [2.75, 3.05) is 42.8 Å². The number of aryl methyl sites for hydroxylation is 2. The van der Waals surface area contributed by atoms with Crippen LogP contribution >= 0.6 is 0 Å². The number of halogens is 1. The number of aromatic nitrogens is 3. The maximum atomic E-state index is 13.4. The molecule has 2 aromatic heterocycles. The molecular weight excluding hydrogens is 537 g/mol. The van der Waals surface area contributed by atoms with E-state index in [1.54, 1.807) is 29.9 Å². The monoisotopic (exact) mass is 565 g/mol. The van der Waals surface area contributed by atoms with Crippen molar-refractivity contribution in [2.45, 2.75) is 11.9 Å². The van der Waals surface area contributed by atoms with Gasteiger partial charge in [-0.05, 0) is 60.5 Å². The molecular formula is C28H28FN5O5S. The van der Waals surface area contributed by atoms with Crippen molar-refractivity contribution in [1.29, 1.82) is 0 Å². The molecule has 1 aliphatic rings. The molecule has 0 unspecified atom stereocenters. The van der Waals surface area contributed by atoms with E-state index in [2.05, 4.69) is 10.4 Å². The maximum Gasteiger partial charge on any atom is 0.276 e. The molecule has 4 aromatic rings. The predicted molar refractivity (Wildman–Crippen MR) is 149 cm³/mol. The Morgan fingerprint density at radius 1 is 1.05 bits per heavy atom. The largest absolute Gasteiger partial charge is 0.378 e. The third-order valence-corrected chi connectivity index (χ3v) is 7.73. The zero-order valence-corrected chi connectivity index (χ0v) is 23.0. The highest BCUT2D eigenvalue weighted by Gasteiger charge is 2.23. The Bertz CT molecular complexity index is 1760. The van der Waals surface area contributed by atoms with E-state index in [1.807, 2.05) is 24.0 Å². The van der Waals surface area contributed by atoms with Crippen LogP contribution in [0.1, 0.15) is 16.1 Å². The molecule has 0 aliphatic carbocycles. The molecule has 1 saturated heterocycles. The van der Waals surface area contributed by atoms with Gasteiger partial charge in [0.15, 0.2) is 20.6 Å². The number of nitrogens with zero attached hydrogens (tertiary/aromatic N) is 4. The number of amides is 1. The van der Waals surface area contributed by atoms with Crippen LogP contribution in [0.4, 0.5) is 15.8 Å². The lowest BCUT2D eigenvalue weighted by molar-refractivity contribution is 0.102. The summed E-state index contributed by atoms with van der Waals surface area (Å²) in [6, 6.07) is 13.5. The van der Waals surface area contributed by atoms with Crippen LogP contribution in [0.5, 0.6) is 0 Å². The topological polar surface area (TPSA) is 116 Å². The van der Waals surface area contributed by atoms with E-state index in [0.29, 0.717) is 43.4 Å². The molecule has 0 spiro atoms. The first-order valence-electron chi connectivity index (χ1n) is 12.5. The van der Waals surface area contributed by atoms with Gasteiger partial charge in [0.05, 0.1) is 18.9 Å². The summed E-state index contributed by atoms with van der Waals surface area (Å²) in [6.07, 6.45) is 2.76. The number of benzene rings is 2. The number of rotatable bonds is 6. The van der Waals surface area contributed by atoms with Crippen LogP contribution in [0.3, 0.4) is 0 Å². The Labute approximate surface area is 230 Å². The van der Waals surface area contributed by atoms with E-state index < -0.39 is 21.6 Å². The third kappa shape index (κ3) is 5.54. The van der Waals surface area contributed by atoms with Crippen LogP contribution in [0.2, 0.25) is 0 Å². The van der Waals surface area contributed by atoms with E-state index in [4.69, 9.17) is 4.74 Å². The zero-order valence-electron chi connectivity index (χ0n) is 22.2. The van der Waals surface area contributed by atoms with Crippen LogP contribution in [0, 0.1) is 12.7 Å². The fourth-order valence-electron chi connectivity index (χ4n) is 4.58. The molecule has 0 bridgehead atoms. The summed E-state index contributed by atoms with van der Waals surface area (Å²) >= 11 is 0. The number of morpholine rings is 1. The van der Waals surface area contributed by atoms with E-state index >= 15 is 0 Å². The highest BCUT2D eigenvalue weighted by Crippen LogP contribution is 2.29. The summed E-state index contributed by atoms with van der Waals surface area (Å²) in [5.41, 5.74) is 3.67. The number of carbonyl (C=O) groups excluding carboxylic acids is 1. The molecule has 5 rings (SSSR count). The molecule has 3 heterocycles. The summed E-state index contributed by atoms with van der Waals surface area (Å²) < 4.78 is 46.3. The standard InChI is InChI=1S/C28H28FN5O5S/c1-18-4-7-21(15-23(18)19-14-25(28(36)32(2)17-19)33-10-12-39-13-11-33)30-27(35)24-16-26(40(3,37)38)34(31-24)22-8-5-20(29)6-9-22/h4-9,14-17H,10-13H2,1-3H3,(H,30,35). The summed E-state index contributed by atoms with van der Waals surface area (Å²) in [5.74, 6) is -1.10. The van der Waals surface area contributed by atoms with Crippen molar-refractivity contribution < 1.29 is 22.3 Å². The lowest BCUT2D eigenvalue weighted by Gasteiger charge is -2.29. The Morgan fingerprint density at radius 3 is 2.42 bits per heavy atom. The van der Waals surface area contributed by atoms with Gasteiger partial charge in [-0.25, -0.2) is 17.5 Å². The van der Waals surface area contributed by atoms with Gasteiger partial charge in [0.1, 0.15) is 11.5 Å². The molecule has 208 valence electrons. The Hall–Kier alpha value is -4.29. The van der Waals surface area contributed by atoms with Crippen molar-refractivity contribution in [3.8, 4) is 16.8 Å². The van der Waals surface area contributed by atoms with Crippen molar-refractivity contribution in [1.82, 2.24) is 14.3 Å². The Morgan fingerprint density at radius 2 is 1.75 bits per heavy atom. The van der Waals surface area contributed by atoms with Gasteiger partial charge in [-0.15, -0.1) is 0 Å². The lowest BCUT2D eigenvalue weighted by atomic mass is 10.0. The molecule has 1 amide bonds. The normalized spacial score (nSPS) is 13.8. The van der Waals surface area contributed by atoms with Gasteiger partial charge in [-0.2, -0.15) is 5.10 Å². The predicted octanol–water partition coefficient (Wildman–Crippen LogP) is 3.18. The molecule has 10 nitrogen and oxygen atoms in total. The van der Waals surface area contributed by atoms with E-state index in [0.717, 1.165) is 27.6 Å². The van der Waals surface area contributed by atoms with Crippen LogP contribution in [0.25, 0.3) is 16.8 Å². The van der Waals surface area contributed by atoms with Gasteiger partial charge < -0.3 is 19.5 Å². The highest BCUT2D eigenvalue weighted by molar-refractivity contribution is 7.90. The first-order valence-corrected chi connectivity index (χ1v) is 14.4. The lowest BCUT2D eigenvalue weighted by Crippen LogP contribution is -2.40. The second kappa shape index (κ2) is 10.7. The first kappa shape index (κ1) is 27.3. The quantitative estimate of drug-likeness (QED) is 0.382. The molecule has 12 heteroatoms. The summed E-state index contributed by atoms with van der Waals surface area (Å²) in [7, 11) is -2.06. The smallest absolute Gasteiger partial charge is 0.276 e. The van der Waals surface area contributed by atoms with Gasteiger partial charge in [0.25, 0.3) is 11.5 Å². The average Bonchev–Trinajstić information content (AvgIpc) is 3.39.